The third-order valence-electron chi connectivity index (χ3n) is 2.15. The number of rotatable bonds is 5. The van der Waals surface area contributed by atoms with E-state index in [0.717, 1.165) is 15.1 Å². The summed E-state index contributed by atoms with van der Waals surface area (Å²) < 4.78 is 0.756. The summed E-state index contributed by atoms with van der Waals surface area (Å²) in [6, 6.07) is 1.78. The number of carboxylic acids is 1. The Morgan fingerprint density at radius 1 is 1.53 bits per heavy atom. The summed E-state index contributed by atoms with van der Waals surface area (Å²) in [4.78, 5) is 25.2. The molecule has 0 fully saturated rings. The summed E-state index contributed by atoms with van der Waals surface area (Å²) in [5, 5.41) is 8.78. The van der Waals surface area contributed by atoms with E-state index < -0.39 is 5.97 Å². The van der Waals surface area contributed by atoms with Crippen LogP contribution in [0.5, 0.6) is 0 Å². The zero-order chi connectivity index (χ0) is 13.0. The average Bonchev–Trinajstić information content (AvgIpc) is 2.55. The molecule has 1 N–H and O–H groups in total. The standard InChI is InChI=1S/C11H14BrNO3S/c1-3-4-13(6-9(14)15)11(16)8-5-7(2)17-10(8)12/h5H,3-4,6H2,1-2H3,(H,14,15). The quantitative estimate of drug-likeness (QED) is 0.907. The van der Waals surface area contributed by atoms with Crippen molar-refractivity contribution in [2.24, 2.45) is 0 Å². The monoisotopic (exact) mass is 319 g/mol. The SMILES string of the molecule is CCCN(CC(=O)O)C(=O)c1cc(C)sc1Br. The lowest BCUT2D eigenvalue weighted by atomic mass is 10.2. The molecule has 4 nitrogen and oxygen atoms in total. The fraction of sp³-hybridized carbons (Fsp3) is 0.455. The van der Waals surface area contributed by atoms with Gasteiger partial charge < -0.3 is 10.0 Å². The third-order valence-corrected chi connectivity index (χ3v) is 3.90. The summed E-state index contributed by atoms with van der Waals surface area (Å²) in [5.74, 6) is -1.22. The Labute approximate surface area is 112 Å². The number of aryl methyl sites for hydroxylation is 1. The van der Waals surface area contributed by atoms with Gasteiger partial charge in [0.1, 0.15) is 6.54 Å². The van der Waals surface area contributed by atoms with Crippen LogP contribution in [-0.2, 0) is 4.79 Å². The highest BCUT2D eigenvalue weighted by molar-refractivity contribution is 9.11. The molecule has 0 bridgehead atoms. The molecule has 94 valence electrons. The van der Waals surface area contributed by atoms with Crippen LogP contribution >= 0.6 is 27.3 Å². The lowest BCUT2D eigenvalue weighted by Gasteiger charge is -2.19. The van der Waals surface area contributed by atoms with E-state index in [4.69, 9.17) is 5.11 Å². The van der Waals surface area contributed by atoms with Gasteiger partial charge in [-0.3, -0.25) is 9.59 Å². The number of carbonyl (C=O) groups is 2. The minimum atomic E-state index is -0.991. The predicted molar refractivity (Wildman–Crippen MR) is 70.6 cm³/mol. The summed E-state index contributed by atoms with van der Waals surface area (Å²) >= 11 is 4.80. The zero-order valence-corrected chi connectivity index (χ0v) is 12.1. The summed E-state index contributed by atoms with van der Waals surface area (Å²) in [6.45, 7) is 4.02. The molecule has 0 unspecified atom stereocenters. The molecule has 17 heavy (non-hydrogen) atoms. The second-order valence-electron chi connectivity index (χ2n) is 3.66. The molecule has 1 aromatic rings. The van der Waals surface area contributed by atoms with Crippen molar-refractivity contribution in [3.63, 3.8) is 0 Å². The zero-order valence-electron chi connectivity index (χ0n) is 9.70. The molecule has 1 amide bonds. The van der Waals surface area contributed by atoms with Crippen LogP contribution in [0.3, 0.4) is 0 Å². The minimum Gasteiger partial charge on any atom is -0.480 e. The van der Waals surface area contributed by atoms with Crippen molar-refractivity contribution in [3.8, 4) is 0 Å². The molecule has 0 radical (unpaired) electrons. The first-order valence-corrected chi connectivity index (χ1v) is 6.83. The van der Waals surface area contributed by atoms with Gasteiger partial charge in [-0.2, -0.15) is 0 Å². The number of amides is 1. The number of halogens is 1. The molecule has 0 aliphatic rings. The van der Waals surface area contributed by atoms with Crippen LogP contribution in [0, 0.1) is 6.92 Å². The molecule has 0 saturated carbocycles. The summed E-state index contributed by atoms with van der Waals surface area (Å²) in [7, 11) is 0. The Morgan fingerprint density at radius 2 is 2.18 bits per heavy atom. The van der Waals surface area contributed by atoms with E-state index in [-0.39, 0.29) is 12.5 Å². The number of hydrogen-bond acceptors (Lipinski definition) is 3. The van der Waals surface area contributed by atoms with Crippen molar-refractivity contribution in [3.05, 3.63) is 20.3 Å². The number of carboxylic acid groups (broad SMARTS) is 1. The van der Waals surface area contributed by atoms with Crippen LogP contribution in [0.15, 0.2) is 9.85 Å². The lowest BCUT2D eigenvalue weighted by Crippen LogP contribution is -2.36. The smallest absolute Gasteiger partial charge is 0.323 e. The maximum Gasteiger partial charge on any atom is 0.323 e. The van der Waals surface area contributed by atoms with Gasteiger partial charge in [-0.1, -0.05) is 6.92 Å². The van der Waals surface area contributed by atoms with Gasteiger partial charge in [-0.05, 0) is 35.3 Å². The van der Waals surface area contributed by atoms with Gasteiger partial charge in [0.25, 0.3) is 5.91 Å². The molecule has 1 rings (SSSR count). The van der Waals surface area contributed by atoms with Gasteiger partial charge in [0, 0.05) is 11.4 Å². The van der Waals surface area contributed by atoms with Crippen LogP contribution in [-0.4, -0.2) is 35.0 Å². The highest BCUT2D eigenvalue weighted by Gasteiger charge is 2.21. The van der Waals surface area contributed by atoms with Crippen LogP contribution in [0.1, 0.15) is 28.6 Å². The first-order valence-electron chi connectivity index (χ1n) is 5.22. The van der Waals surface area contributed by atoms with Gasteiger partial charge in [0.15, 0.2) is 0 Å². The molecule has 1 heterocycles. The van der Waals surface area contributed by atoms with Crippen LogP contribution in [0.25, 0.3) is 0 Å². The first-order chi connectivity index (χ1) is 7.95. The Morgan fingerprint density at radius 3 is 2.59 bits per heavy atom. The van der Waals surface area contributed by atoms with E-state index in [2.05, 4.69) is 15.9 Å². The van der Waals surface area contributed by atoms with Crippen LogP contribution < -0.4 is 0 Å². The fourth-order valence-electron chi connectivity index (χ4n) is 1.49. The summed E-state index contributed by atoms with van der Waals surface area (Å²) in [6.07, 6.45) is 0.736. The molecule has 6 heteroatoms. The number of hydrogen-bond donors (Lipinski definition) is 1. The maximum atomic E-state index is 12.1. The minimum absolute atomic E-state index is 0.231. The Kier molecular flexibility index (Phi) is 5.14. The van der Waals surface area contributed by atoms with Gasteiger partial charge in [-0.25, -0.2) is 0 Å². The highest BCUT2D eigenvalue weighted by atomic mass is 79.9. The van der Waals surface area contributed by atoms with Crippen molar-refractivity contribution in [1.82, 2.24) is 4.90 Å². The first kappa shape index (κ1) is 14.2. The van der Waals surface area contributed by atoms with Crippen molar-refractivity contribution < 1.29 is 14.7 Å². The van der Waals surface area contributed by atoms with Gasteiger partial charge in [-0.15, -0.1) is 11.3 Å². The van der Waals surface area contributed by atoms with Crippen LogP contribution in [0.4, 0.5) is 0 Å². The van der Waals surface area contributed by atoms with E-state index in [1.807, 2.05) is 13.8 Å². The molecule has 0 aromatic carbocycles. The van der Waals surface area contributed by atoms with E-state index in [9.17, 15) is 9.59 Å². The number of thiophene rings is 1. The van der Waals surface area contributed by atoms with E-state index >= 15 is 0 Å². The van der Waals surface area contributed by atoms with Crippen molar-refractivity contribution in [2.45, 2.75) is 20.3 Å². The van der Waals surface area contributed by atoms with E-state index in [0.29, 0.717) is 12.1 Å². The van der Waals surface area contributed by atoms with Gasteiger partial charge in [0.05, 0.1) is 9.35 Å². The topological polar surface area (TPSA) is 57.6 Å². The summed E-state index contributed by atoms with van der Waals surface area (Å²) in [5.41, 5.74) is 0.544. The molecule has 0 aliphatic carbocycles. The van der Waals surface area contributed by atoms with Gasteiger partial charge in [0.2, 0.25) is 0 Å². The normalized spacial score (nSPS) is 10.3. The lowest BCUT2D eigenvalue weighted by molar-refractivity contribution is -0.137. The molecule has 0 spiro atoms. The molecular weight excluding hydrogens is 306 g/mol. The van der Waals surface area contributed by atoms with E-state index in [1.165, 1.54) is 16.2 Å². The largest absolute Gasteiger partial charge is 0.480 e. The van der Waals surface area contributed by atoms with Crippen LogP contribution in [0.2, 0.25) is 0 Å². The average molecular weight is 320 g/mol. The Bertz CT molecular complexity index is 430. The molecular formula is C11H14BrNO3S. The second kappa shape index (κ2) is 6.16. The van der Waals surface area contributed by atoms with Gasteiger partial charge >= 0.3 is 5.97 Å². The molecule has 0 saturated heterocycles. The Hall–Kier alpha value is -0.880. The van der Waals surface area contributed by atoms with E-state index in [1.54, 1.807) is 6.07 Å². The predicted octanol–water partition coefficient (Wildman–Crippen LogP) is 2.76. The third kappa shape index (κ3) is 3.81. The van der Waals surface area contributed by atoms with Crippen molar-refractivity contribution in [1.29, 1.82) is 0 Å². The molecule has 0 aliphatic heterocycles. The number of aliphatic carboxylic acids is 1. The second-order valence-corrected chi connectivity index (χ2v) is 6.24. The maximum absolute atomic E-state index is 12.1. The Balaban J connectivity index is 2.91. The molecule has 0 atom stereocenters. The number of nitrogens with zero attached hydrogens (tertiary/aromatic N) is 1. The highest BCUT2D eigenvalue weighted by Crippen LogP contribution is 2.28. The number of carbonyl (C=O) groups excluding carboxylic acids is 1. The fourth-order valence-corrected chi connectivity index (χ4v) is 3.25. The molecule has 1 aromatic heterocycles. The van der Waals surface area contributed by atoms with Crippen molar-refractivity contribution in [2.75, 3.05) is 13.1 Å². The van der Waals surface area contributed by atoms with Crippen molar-refractivity contribution >= 4 is 39.1 Å².